The van der Waals surface area contributed by atoms with E-state index in [4.69, 9.17) is 0 Å². The molecule has 2 aromatic heterocycles. The number of hydrogen-bond acceptors (Lipinski definition) is 4. The Kier molecular flexibility index (Phi) is 4.74. The molecular weight excluding hydrogens is 344 g/mol. The molecular formula is C21H22N2O2S. The third-order valence-electron chi connectivity index (χ3n) is 5.17. The first-order chi connectivity index (χ1) is 12.6. The number of rotatable bonds is 4. The van der Waals surface area contributed by atoms with Crippen LogP contribution in [-0.4, -0.2) is 33.5 Å². The van der Waals surface area contributed by atoms with E-state index in [1.165, 1.54) is 9.75 Å². The molecule has 4 rings (SSSR count). The van der Waals surface area contributed by atoms with Crippen molar-refractivity contribution in [2.24, 2.45) is 0 Å². The highest BCUT2D eigenvalue weighted by molar-refractivity contribution is 7.12. The van der Waals surface area contributed by atoms with Crippen molar-refractivity contribution < 1.29 is 9.90 Å². The van der Waals surface area contributed by atoms with Crippen LogP contribution < -0.4 is 0 Å². The number of nitrogens with zero attached hydrogens (tertiary/aromatic N) is 2. The number of hydrogen-bond donors (Lipinski definition) is 1. The SMILES string of the molecule is Cc1ccc(C(c2ccc3cnccc3c2)N2CCCCC2C(=O)O)s1. The number of benzene rings is 1. The molecule has 1 aromatic carbocycles. The zero-order valence-electron chi connectivity index (χ0n) is 14.8. The van der Waals surface area contributed by atoms with Gasteiger partial charge in [0.1, 0.15) is 6.04 Å². The fourth-order valence-corrected chi connectivity index (χ4v) is 4.95. The number of likely N-dealkylation sites (tertiary alicyclic amines) is 1. The standard InChI is InChI=1S/C21H22N2O2S/c1-14-5-8-19(26-14)20(23-11-3-2-4-18(23)21(24)25)16-6-7-17-13-22-10-9-15(17)12-16/h5-10,12-13,18,20H,2-4,11H2,1H3,(H,24,25). The molecule has 2 unspecified atom stereocenters. The van der Waals surface area contributed by atoms with Gasteiger partial charge in [0.2, 0.25) is 0 Å². The van der Waals surface area contributed by atoms with E-state index < -0.39 is 12.0 Å². The topological polar surface area (TPSA) is 53.4 Å². The minimum Gasteiger partial charge on any atom is -0.480 e. The van der Waals surface area contributed by atoms with Crippen molar-refractivity contribution in [2.75, 3.05) is 6.54 Å². The maximum atomic E-state index is 11.9. The summed E-state index contributed by atoms with van der Waals surface area (Å²) in [5.41, 5.74) is 1.15. The second-order valence-electron chi connectivity index (χ2n) is 6.92. The third kappa shape index (κ3) is 3.24. The van der Waals surface area contributed by atoms with Crippen molar-refractivity contribution in [3.05, 3.63) is 64.1 Å². The number of piperidine rings is 1. The van der Waals surface area contributed by atoms with E-state index in [-0.39, 0.29) is 6.04 Å². The van der Waals surface area contributed by atoms with Crippen LogP contribution >= 0.6 is 11.3 Å². The average molecular weight is 366 g/mol. The van der Waals surface area contributed by atoms with Crippen LogP contribution in [0.5, 0.6) is 0 Å². The van der Waals surface area contributed by atoms with E-state index in [2.05, 4.69) is 47.1 Å². The molecule has 1 N–H and O–H groups in total. The Morgan fingerprint density at radius 3 is 2.88 bits per heavy atom. The van der Waals surface area contributed by atoms with Crippen LogP contribution in [0.15, 0.2) is 48.8 Å². The lowest BCUT2D eigenvalue weighted by Gasteiger charge is -2.39. The van der Waals surface area contributed by atoms with Gasteiger partial charge in [-0.3, -0.25) is 14.7 Å². The number of thiophene rings is 1. The summed E-state index contributed by atoms with van der Waals surface area (Å²) < 4.78 is 0. The number of fused-ring (bicyclic) bond motifs is 1. The fraction of sp³-hybridized carbons (Fsp3) is 0.333. The number of aryl methyl sites for hydroxylation is 1. The highest BCUT2D eigenvalue weighted by Crippen LogP contribution is 2.38. The second-order valence-corrected chi connectivity index (χ2v) is 8.24. The quantitative estimate of drug-likeness (QED) is 0.731. The lowest BCUT2D eigenvalue weighted by atomic mass is 9.94. The summed E-state index contributed by atoms with van der Waals surface area (Å²) in [6.07, 6.45) is 6.41. The van der Waals surface area contributed by atoms with Gasteiger partial charge in [0, 0.05) is 27.5 Å². The minimum absolute atomic E-state index is 0.0207. The van der Waals surface area contributed by atoms with E-state index in [0.717, 1.165) is 35.7 Å². The molecule has 134 valence electrons. The predicted molar refractivity (Wildman–Crippen MR) is 105 cm³/mol. The highest BCUT2D eigenvalue weighted by Gasteiger charge is 2.35. The number of carboxylic acid groups (broad SMARTS) is 1. The molecule has 0 radical (unpaired) electrons. The Labute approximate surface area is 157 Å². The third-order valence-corrected chi connectivity index (χ3v) is 6.23. The molecule has 0 bridgehead atoms. The van der Waals surface area contributed by atoms with Gasteiger partial charge in [0.05, 0.1) is 6.04 Å². The van der Waals surface area contributed by atoms with Crippen LogP contribution in [0.1, 0.15) is 40.6 Å². The van der Waals surface area contributed by atoms with Crippen LogP contribution in [0.4, 0.5) is 0 Å². The molecule has 1 aliphatic heterocycles. The van der Waals surface area contributed by atoms with Crippen LogP contribution in [0.2, 0.25) is 0 Å². The number of aliphatic carboxylic acids is 1. The zero-order valence-corrected chi connectivity index (χ0v) is 15.6. The first-order valence-corrected chi connectivity index (χ1v) is 9.84. The van der Waals surface area contributed by atoms with E-state index >= 15 is 0 Å². The smallest absolute Gasteiger partial charge is 0.320 e. The lowest BCUT2D eigenvalue weighted by molar-refractivity contribution is -0.145. The van der Waals surface area contributed by atoms with Crippen LogP contribution in [0.3, 0.4) is 0 Å². The average Bonchev–Trinajstić information content (AvgIpc) is 3.08. The number of carboxylic acids is 1. The summed E-state index contributed by atoms with van der Waals surface area (Å²) in [6, 6.07) is 12.2. The zero-order chi connectivity index (χ0) is 18.1. The van der Waals surface area contributed by atoms with Crippen LogP contribution in [0.25, 0.3) is 10.8 Å². The molecule has 1 saturated heterocycles. The number of carbonyl (C=O) groups is 1. The van der Waals surface area contributed by atoms with Crippen molar-refractivity contribution in [1.82, 2.24) is 9.88 Å². The van der Waals surface area contributed by atoms with Crippen molar-refractivity contribution >= 4 is 28.1 Å². The monoisotopic (exact) mass is 366 g/mol. The molecule has 0 spiro atoms. The van der Waals surface area contributed by atoms with E-state index in [9.17, 15) is 9.90 Å². The fourth-order valence-electron chi connectivity index (χ4n) is 3.92. The highest BCUT2D eigenvalue weighted by atomic mass is 32.1. The van der Waals surface area contributed by atoms with E-state index in [0.29, 0.717) is 6.42 Å². The Morgan fingerprint density at radius 2 is 2.12 bits per heavy atom. The summed E-state index contributed by atoms with van der Waals surface area (Å²) >= 11 is 1.76. The summed E-state index contributed by atoms with van der Waals surface area (Å²) in [4.78, 5) is 20.7. The Bertz CT molecular complexity index is 936. The molecule has 0 aliphatic carbocycles. The van der Waals surface area contributed by atoms with Gasteiger partial charge in [-0.1, -0.05) is 18.6 Å². The van der Waals surface area contributed by atoms with Crippen LogP contribution in [0, 0.1) is 6.92 Å². The maximum absolute atomic E-state index is 11.9. The summed E-state index contributed by atoms with van der Waals surface area (Å²) in [7, 11) is 0. The van der Waals surface area contributed by atoms with Gasteiger partial charge in [-0.2, -0.15) is 0 Å². The lowest BCUT2D eigenvalue weighted by Crippen LogP contribution is -2.46. The molecule has 1 fully saturated rings. The minimum atomic E-state index is -0.715. The normalized spacial score (nSPS) is 19.5. The van der Waals surface area contributed by atoms with Gasteiger partial charge in [-0.05, 0) is 61.5 Å². The molecule has 0 amide bonds. The molecule has 26 heavy (non-hydrogen) atoms. The van der Waals surface area contributed by atoms with Crippen molar-refractivity contribution in [2.45, 2.75) is 38.3 Å². The molecule has 3 aromatic rings. The van der Waals surface area contributed by atoms with Gasteiger partial charge in [-0.25, -0.2) is 0 Å². The summed E-state index contributed by atoms with van der Waals surface area (Å²) in [5.74, 6) is -0.715. The van der Waals surface area contributed by atoms with Gasteiger partial charge in [0.15, 0.2) is 0 Å². The second kappa shape index (κ2) is 7.17. The Morgan fingerprint density at radius 1 is 1.23 bits per heavy atom. The van der Waals surface area contributed by atoms with Crippen LogP contribution in [-0.2, 0) is 4.79 Å². The van der Waals surface area contributed by atoms with E-state index in [1.54, 1.807) is 17.5 Å². The predicted octanol–water partition coefficient (Wildman–Crippen LogP) is 4.63. The molecule has 1 aliphatic rings. The van der Waals surface area contributed by atoms with Crippen molar-refractivity contribution in [3.63, 3.8) is 0 Å². The van der Waals surface area contributed by atoms with Gasteiger partial charge in [0.25, 0.3) is 0 Å². The Balaban J connectivity index is 1.83. The number of pyridine rings is 1. The van der Waals surface area contributed by atoms with Gasteiger partial charge >= 0.3 is 5.97 Å². The molecule has 4 nitrogen and oxygen atoms in total. The largest absolute Gasteiger partial charge is 0.480 e. The van der Waals surface area contributed by atoms with Gasteiger partial charge < -0.3 is 5.11 Å². The number of aromatic nitrogens is 1. The van der Waals surface area contributed by atoms with E-state index in [1.807, 2.05) is 12.3 Å². The van der Waals surface area contributed by atoms with Crippen molar-refractivity contribution in [3.8, 4) is 0 Å². The molecule has 3 heterocycles. The maximum Gasteiger partial charge on any atom is 0.320 e. The molecule has 5 heteroatoms. The summed E-state index contributed by atoms with van der Waals surface area (Å²) in [6.45, 7) is 2.91. The first kappa shape index (κ1) is 17.2. The first-order valence-electron chi connectivity index (χ1n) is 9.02. The summed E-state index contributed by atoms with van der Waals surface area (Å²) in [5, 5.41) is 12.0. The molecule has 2 atom stereocenters. The Hall–Kier alpha value is -2.24. The van der Waals surface area contributed by atoms with Crippen molar-refractivity contribution in [1.29, 1.82) is 0 Å². The van der Waals surface area contributed by atoms with Gasteiger partial charge in [-0.15, -0.1) is 11.3 Å². The molecule has 0 saturated carbocycles.